The number of carbonyl (C=O) groups is 3. The Balaban J connectivity index is 1.57. The molecule has 3 rings (SSSR count). The van der Waals surface area contributed by atoms with Crippen LogP contribution in [0.2, 0.25) is 0 Å². The lowest BCUT2D eigenvalue weighted by atomic mass is 9.94. The molecule has 2 aromatic rings. The van der Waals surface area contributed by atoms with Crippen LogP contribution in [0, 0.1) is 17.7 Å². The molecule has 0 aliphatic carbocycles. The molecule has 226 valence electrons. The van der Waals surface area contributed by atoms with Crippen LogP contribution in [0.1, 0.15) is 49.7 Å². The number of likely N-dealkylation sites (tertiary alicyclic amines) is 1. The van der Waals surface area contributed by atoms with Gasteiger partial charge in [-0.1, -0.05) is 54.6 Å². The molecule has 0 saturated carbocycles. The lowest BCUT2D eigenvalue weighted by Crippen LogP contribution is -2.45. The normalized spacial score (nSPS) is 16.7. The van der Waals surface area contributed by atoms with Crippen molar-refractivity contribution in [3.05, 3.63) is 96.9 Å². The first-order chi connectivity index (χ1) is 20.3. The zero-order valence-electron chi connectivity index (χ0n) is 24.3. The molecule has 7 nitrogen and oxygen atoms in total. The summed E-state index contributed by atoms with van der Waals surface area (Å²) in [6, 6.07) is 14.9. The number of hydrogen-bond acceptors (Lipinski definition) is 5. The molecule has 1 fully saturated rings. The summed E-state index contributed by atoms with van der Waals surface area (Å²) in [7, 11) is 0. The van der Waals surface area contributed by atoms with Gasteiger partial charge < -0.3 is 20.1 Å². The van der Waals surface area contributed by atoms with Gasteiger partial charge in [0.05, 0.1) is 30.5 Å². The number of carbonyl (C=O) groups excluding carboxylic acids is 3. The number of amides is 2. The molecule has 2 N–H and O–H groups in total. The van der Waals surface area contributed by atoms with Crippen LogP contribution < -0.4 is 5.32 Å². The molecule has 1 aliphatic rings. The summed E-state index contributed by atoms with van der Waals surface area (Å²) in [5.41, 5.74) is 1.84. The summed E-state index contributed by atoms with van der Waals surface area (Å²) in [5, 5.41) is 12.7. The first kappa shape index (κ1) is 32.7. The van der Waals surface area contributed by atoms with Crippen molar-refractivity contribution in [2.24, 2.45) is 11.8 Å². The van der Waals surface area contributed by atoms with Gasteiger partial charge in [-0.05, 0) is 68.2 Å². The van der Waals surface area contributed by atoms with E-state index in [1.807, 2.05) is 30.3 Å². The maximum atomic E-state index is 13.6. The highest BCUT2D eigenvalue weighted by Crippen LogP contribution is 2.25. The van der Waals surface area contributed by atoms with E-state index in [-0.39, 0.29) is 49.3 Å². The summed E-state index contributed by atoms with van der Waals surface area (Å²) in [4.78, 5) is 41.3. The van der Waals surface area contributed by atoms with Crippen LogP contribution in [0.25, 0.3) is 0 Å². The van der Waals surface area contributed by atoms with Crippen LogP contribution in [0.15, 0.2) is 79.9 Å². The van der Waals surface area contributed by atoms with Crippen molar-refractivity contribution in [2.75, 3.05) is 19.8 Å². The lowest BCUT2D eigenvalue weighted by Gasteiger charge is -2.29. The third-order valence-corrected chi connectivity index (χ3v) is 7.67. The van der Waals surface area contributed by atoms with Crippen LogP contribution in [0.3, 0.4) is 0 Å². The van der Waals surface area contributed by atoms with Gasteiger partial charge in [0.1, 0.15) is 12.4 Å². The fourth-order valence-electron chi connectivity index (χ4n) is 5.40. The first-order valence-electron chi connectivity index (χ1n) is 14.7. The average molecular weight is 579 g/mol. The molecule has 0 aromatic heterocycles. The molecular weight excluding hydrogens is 535 g/mol. The maximum Gasteiger partial charge on any atom is 0.309 e. The van der Waals surface area contributed by atoms with Crippen LogP contribution in [0.5, 0.6) is 0 Å². The van der Waals surface area contributed by atoms with Crippen molar-refractivity contribution in [3.8, 4) is 0 Å². The molecule has 42 heavy (non-hydrogen) atoms. The van der Waals surface area contributed by atoms with Gasteiger partial charge in [-0.3, -0.25) is 14.4 Å². The Morgan fingerprint density at radius 3 is 2.40 bits per heavy atom. The number of hydrogen-bond donors (Lipinski definition) is 2. The minimum atomic E-state index is -0.603. The summed E-state index contributed by atoms with van der Waals surface area (Å²) < 4.78 is 19.1. The SMILES string of the molecule is C=CCC[C@@H](Cc1ccc(F)cc1)C(=O)OC[C@H]1CCCN1C(=O)[C@@H](CC=C)CC(=O)N[C@H](CO)Cc1ccccc1. The quantitative estimate of drug-likeness (QED) is 0.208. The molecule has 4 atom stereocenters. The minimum absolute atomic E-state index is 0.0273. The standard InChI is InChI=1S/C34H43FN2O5/c1-3-5-13-28(20-26-15-17-29(35)18-16-26)34(41)42-24-31-14-9-19-37(31)33(40)27(10-4-2)22-32(39)36-30(23-38)21-25-11-7-6-8-12-25/h3-4,6-8,11-12,15-18,27-28,30-31,38H,1-2,5,9-10,13-14,19-24H2,(H,36,39)/t27-,28-,30-,31+/m0/s1. The minimum Gasteiger partial charge on any atom is -0.463 e. The number of aliphatic hydroxyl groups excluding tert-OH is 1. The molecule has 1 saturated heterocycles. The van der Waals surface area contributed by atoms with E-state index in [1.165, 1.54) is 12.1 Å². The molecule has 1 aliphatic heterocycles. The Hall–Kier alpha value is -3.78. The molecule has 0 bridgehead atoms. The summed E-state index contributed by atoms with van der Waals surface area (Å²) in [6.45, 7) is 7.91. The number of halogens is 1. The Morgan fingerprint density at radius 1 is 1.02 bits per heavy atom. The zero-order chi connectivity index (χ0) is 30.3. The molecule has 0 spiro atoms. The number of nitrogens with one attached hydrogen (secondary N) is 1. The van der Waals surface area contributed by atoms with Crippen molar-refractivity contribution in [1.82, 2.24) is 10.2 Å². The van der Waals surface area contributed by atoms with Crippen LogP contribution in [-0.2, 0) is 32.0 Å². The van der Waals surface area contributed by atoms with Crippen molar-refractivity contribution in [2.45, 2.75) is 63.5 Å². The molecule has 1 heterocycles. The van der Waals surface area contributed by atoms with Gasteiger partial charge in [0.2, 0.25) is 11.8 Å². The Labute approximate surface area is 248 Å². The monoisotopic (exact) mass is 578 g/mol. The molecule has 8 heteroatoms. The van der Waals surface area contributed by atoms with E-state index in [1.54, 1.807) is 29.2 Å². The van der Waals surface area contributed by atoms with Gasteiger partial charge in [-0.2, -0.15) is 0 Å². The molecule has 0 unspecified atom stereocenters. The van der Waals surface area contributed by atoms with E-state index < -0.39 is 17.9 Å². The Kier molecular flexibility index (Phi) is 13.4. The number of esters is 1. The first-order valence-corrected chi connectivity index (χ1v) is 14.7. The summed E-state index contributed by atoms with van der Waals surface area (Å²) in [6.07, 6.45) is 7.28. The average Bonchev–Trinajstić information content (AvgIpc) is 3.47. The number of rotatable bonds is 17. The molecule has 2 amide bonds. The number of nitrogens with zero attached hydrogens (tertiary/aromatic N) is 1. The van der Waals surface area contributed by atoms with E-state index in [0.29, 0.717) is 45.1 Å². The largest absolute Gasteiger partial charge is 0.463 e. The molecule has 2 aromatic carbocycles. The van der Waals surface area contributed by atoms with Crippen molar-refractivity contribution < 1.29 is 28.6 Å². The van der Waals surface area contributed by atoms with Gasteiger partial charge >= 0.3 is 5.97 Å². The lowest BCUT2D eigenvalue weighted by molar-refractivity contribution is -0.152. The van der Waals surface area contributed by atoms with Gasteiger partial charge in [-0.25, -0.2) is 4.39 Å². The highest BCUT2D eigenvalue weighted by Gasteiger charge is 2.35. The predicted octanol–water partition coefficient (Wildman–Crippen LogP) is 4.79. The third-order valence-electron chi connectivity index (χ3n) is 7.67. The number of aliphatic hydroxyl groups is 1. The van der Waals surface area contributed by atoms with E-state index in [0.717, 1.165) is 17.5 Å². The number of ether oxygens (including phenoxy) is 1. The highest BCUT2D eigenvalue weighted by atomic mass is 19.1. The zero-order valence-corrected chi connectivity index (χ0v) is 24.3. The topological polar surface area (TPSA) is 95.9 Å². The van der Waals surface area contributed by atoms with Crippen molar-refractivity contribution >= 4 is 17.8 Å². The van der Waals surface area contributed by atoms with Crippen LogP contribution in [0.4, 0.5) is 4.39 Å². The second-order valence-corrected chi connectivity index (χ2v) is 10.9. The fraction of sp³-hybridized carbons (Fsp3) is 0.441. The summed E-state index contributed by atoms with van der Waals surface area (Å²) >= 11 is 0. The van der Waals surface area contributed by atoms with Gasteiger partial charge in [0.15, 0.2) is 0 Å². The Morgan fingerprint density at radius 2 is 1.74 bits per heavy atom. The van der Waals surface area contributed by atoms with Crippen LogP contribution >= 0.6 is 0 Å². The highest BCUT2D eigenvalue weighted by molar-refractivity contribution is 5.86. The Bertz CT molecular complexity index is 1170. The van der Waals surface area contributed by atoms with E-state index in [4.69, 9.17) is 4.74 Å². The van der Waals surface area contributed by atoms with Crippen molar-refractivity contribution in [3.63, 3.8) is 0 Å². The van der Waals surface area contributed by atoms with E-state index >= 15 is 0 Å². The third kappa shape index (κ3) is 10.2. The molecular formula is C34H43FN2O5. The number of benzene rings is 2. The molecule has 0 radical (unpaired) electrons. The second kappa shape index (κ2) is 17.2. The fourth-order valence-corrected chi connectivity index (χ4v) is 5.40. The smallest absolute Gasteiger partial charge is 0.309 e. The van der Waals surface area contributed by atoms with Gasteiger partial charge in [0, 0.05) is 13.0 Å². The van der Waals surface area contributed by atoms with Crippen LogP contribution in [-0.4, -0.2) is 59.6 Å². The van der Waals surface area contributed by atoms with Gasteiger partial charge in [0.25, 0.3) is 0 Å². The van der Waals surface area contributed by atoms with E-state index in [2.05, 4.69) is 18.5 Å². The van der Waals surface area contributed by atoms with Crippen molar-refractivity contribution in [1.29, 1.82) is 0 Å². The predicted molar refractivity (Wildman–Crippen MR) is 161 cm³/mol. The number of allylic oxidation sites excluding steroid dienone is 2. The van der Waals surface area contributed by atoms with Gasteiger partial charge in [-0.15, -0.1) is 13.2 Å². The maximum absolute atomic E-state index is 13.6. The second-order valence-electron chi connectivity index (χ2n) is 10.9. The summed E-state index contributed by atoms with van der Waals surface area (Å²) in [5.74, 6) is -2.17. The van der Waals surface area contributed by atoms with E-state index in [9.17, 15) is 23.9 Å².